The first-order chi connectivity index (χ1) is 10.1. The van der Waals surface area contributed by atoms with Gasteiger partial charge in [0, 0.05) is 19.6 Å². The van der Waals surface area contributed by atoms with E-state index in [2.05, 4.69) is 15.3 Å². The molecule has 0 aromatic carbocycles. The van der Waals surface area contributed by atoms with Crippen molar-refractivity contribution in [3.8, 4) is 0 Å². The summed E-state index contributed by atoms with van der Waals surface area (Å²) in [6.45, 7) is 4.73. The van der Waals surface area contributed by atoms with Crippen molar-refractivity contribution < 1.29 is 4.92 Å². The molecule has 21 heavy (non-hydrogen) atoms. The van der Waals surface area contributed by atoms with Crippen LogP contribution < -0.4 is 10.2 Å². The molecule has 1 aromatic rings. The van der Waals surface area contributed by atoms with Crippen LogP contribution in [0.15, 0.2) is 0 Å². The number of hydrogen-bond donors (Lipinski definition) is 1. The minimum atomic E-state index is -0.282. The summed E-state index contributed by atoms with van der Waals surface area (Å²) in [5.41, 5.74) is 0.687. The highest BCUT2D eigenvalue weighted by Crippen LogP contribution is 2.39. The van der Waals surface area contributed by atoms with Crippen molar-refractivity contribution in [3.63, 3.8) is 0 Å². The first kappa shape index (κ1) is 14.3. The van der Waals surface area contributed by atoms with Gasteiger partial charge >= 0.3 is 5.69 Å². The number of aromatic nitrogens is 2. The average Bonchev–Trinajstić information content (AvgIpc) is 3.23. The minimum Gasteiger partial charge on any atom is -0.348 e. The fraction of sp³-hybridized carbons (Fsp3) is 0.786. The quantitative estimate of drug-likeness (QED) is 0.659. The summed E-state index contributed by atoms with van der Waals surface area (Å²) in [7, 11) is 1.81. The Morgan fingerprint density at radius 2 is 2.05 bits per heavy atom. The van der Waals surface area contributed by atoms with E-state index in [-0.39, 0.29) is 10.6 Å². The maximum absolute atomic E-state index is 11.4. The molecule has 0 bridgehead atoms. The average molecular weight is 293 g/mol. The van der Waals surface area contributed by atoms with Crippen LogP contribution in [-0.4, -0.2) is 40.4 Å². The highest BCUT2D eigenvalue weighted by molar-refractivity contribution is 5.62. The van der Waals surface area contributed by atoms with Gasteiger partial charge in [-0.2, -0.15) is 5.10 Å². The fourth-order valence-corrected chi connectivity index (χ4v) is 3.31. The Kier molecular flexibility index (Phi) is 3.84. The number of hydrogen-bond acceptors (Lipinski definition) is 5. The van der Waals surface area contributed by atoms with Crippen molar-refractivity contribution in [2.45, 2.75) is 38.6 Å². The molecule has 1 aliphatic heterocycles. The number of rotatable bonds is 5. The van der Waals surface area contributed by atoms with E-state index in [0.29, 0.717) is 23.5 Å². The van der Waals surface area contributed by atoms with E-state index >= 15 is 0 Å². The van der Waals surface area contributed by atoms with Crippen LogP contribution in [0.1, 0.15) is 31.4 Å². The lowest BCUT2D eigenvalue weighted by molar-refractivity contribution is -0.384. The SMILES string of the molecule is Cc1nn(C)c(N(CC2CCNCC2)C2CC2)c1[N+](=O)[O-]. The van der Waals surface area contributed by atoms with Crippen LogP contribution in [-0.2, 0) is 7.05 Å². The normalized spacial score (nSPS) is 19.7. The smallest absolute Gasteiger partial charge is 0.333 e. The van der Waals surface area contributed by atoms with Gasteiger partial charge in [-0.25, -0.2) is 4.68 Å². The monoisotopic (exact) mass is 293 g/mol. The number of nitrogens with one attached hydrogen (secondary N) is 1. The van der Waals surface area contributed by atoms with Gasteiger partial charge in [0.2, 0.25) is 5.82 Å². The molecular formula is C14H23N5O2. The molecule has 2 fully saturated rings. The Hall–Kier alpha value is -1.63. The van der Waals surface area contributed by atoms with Gasteiger partial charge in [0.05, 0.1) is 4.92 Å². The summed E-state index contributed by atoms with van der Waals surface area (Å²) < 4.78 is 1.69. The summed E-state index contributed by atoms with van der Waals surface area (Å²) >= 11 is 0. The Bertz CT molecular complexity index is 532. The Morgan fingerprint density at radius 3 is 2.62 bits per heavy atom. The molecule has 116 valence electrons. The lowest BCUT2D eigenvalue weighted by atomic mass is 9.97. The maximum Gasteiger partial charge on any atom is 0.333 e. The van der Waals surface area contributed by atoms with E-state index in [4.69, 9.17) is 0 Å². The Labute approximate surface area is 124 Å². The van der Waals surface area contributed by atoms with Crippen LogP contribution >= 0.6 is 0 Å². The second-order valence-electron chi connectivity index (χ2n) is 6.22. The molecule has 1 aliphatic carbocycles. The first-order valence-electron chi connectivity index (χ1n) is 7.73. The summed E-state index contributed by atoms with van der Waals surface area (Å²) in [5.74, 6) is 1.31. The summed E-state index contributed by atoms with van der Waals surface area (Å²) in [5, 5.41) is 19.1. The number of nitrogens with zero attached hydrogens (tertiary/aromatic N) is 4. The van der Waals surface area contributed by atoms with Crippen LogP contribution in [0.4, 0.5) is 11.5 Å². The molecule has 0 spiro atoms. The van der Waals surface area contributed by atoms with Crippen molar-refractivity contribution in [3.05, 3.63) is 15.8 Å². The molecule has 1 aromatic heterocycles. The molecule has 7 nitrogen and oxygen atoms in total. The molecule has 0 radical (unpaired) electrons. The Balaban J connectivity index is 1.88. The zero-order valence-electron chi connectivity index (χ0n) is 12.7. The lowest BCUT2D eigenvalue weighted by Crippen LogP contribution is -2.38. The number of nitro groups is 1. The predicted molar refractivity (Wildman–Crippen MR) is 80.6 cm³/mol. The van der Waals surface area contributed by atoms with Gasteiger partial charge < -0.3 is 10.2 Å². The molecule has 1 saturated heterocycles. The highest BCUT2D eigenvalue weighted by atomic mass is 16.6. The van der Waals surface area contributed by atoms with E-state index in [1.807, 2.05) is 7.05 Å². The van der Waals surface area contributed by atoms with E-state index < -0.39 is 0 Å². The molecule has 1 saturated carbocycles. The van der Waals surface area contributed by atoms with E-state index in [0.717, 1.165) is 45.3 Å². The zero-order chi connectivity index (χ0) is 15.0. The molecule has 7 heteroatoms. The molecule has 0 atom stereocenters. The molecule has 0 amide bonds. The van der Waals surface area contributed by atoms with Crippen LogP contribution in [0.5, 0.6) is 0 Å². The van der Waals surface area contributed by atoms with Crippen molar-refractivity contribution >= 4 is 11.5 Å². The zero-order valence-corrected chi connectivity index (χ0v) is 12.7. The van der Waals surface area contributed by atoms with E-state index in [9.17, 15) is 10.1 Å². The largest absolute Gasteiger partial charge is 0.348 e. The van der Waals surface area contributed by atoms with Crippen molar-refractivity contribution in [1.82, 2.24) is 15.1 Å². The molecular weight excluding hydrogens is 270 g/mol. The molecule has 3 rings (SSSR count). The van der Waals surface area contributed by atoms with Crippen molar-refractivity contribution in [2.24, 2.45) is 13.0 Å². The van der Waals surface area contributed by atoms with Crippen molar-refractivity contribution in [1.29, 1.82) is 0 Å². The number of anilines is 1. The minimum absolute atomic E-state index is 0.179. The van der Waals surface area contributed by atoms with Crippen LogP contribution in [0.2, 0.25) is 0 Å². The second kappa shape index (κ2) is 5.63. The third-order valence-electron chi connectivity index (χ3n) is 4.52. The van der Waals surface area contributed by atoms with Gasteiger partial charge in [-0.1, -0.05) is 0 Å². The first-order valence-corrected chi connectivity index (χ1v) is 7.73. The summed E-state index contributed by atoms with van der Waals surface area (Å²) in [6, 6.07) is 0.452. The summed E-state index contributed by atoms with van der Waals surface area (Å²) in [6.07, 6.45) is 4.56. The lowest BCUT2D eigenvalue weighted by Gasteiger charge is -2.31. The predicted octanol–water partition coefficient (Wildman–Crippen LogP) is 1.61. The van der Waals surface area contributed by atoms with Gasteiger partial charge in [0.1, 0.15) is 5.69 Å². The van der Waals surface area contributed by atoms with Gasteiger partial charge in [-0.05, 0) is 51.6 Å². The topological polar surface area (TPSA) is 76.2 Å². The number of aryl methyl sites for hydroxylation is 2. The van der Waals surface area contributed by atoms with Gasteiger partial charge in [0.15, 0.2) is 0 Å². The van der Waals surface area contributed by atoms with Crippen LogP contribution in [0.25, 0.3) is 0 Å². The van der Waals surface area contributed by atoms with Crippen molar-refractivity contribution in [2.75, 3.05) is 24.5 Å². The van der Waals surface area contributed by atoms with Gasteiger partial charge in [-0.15, -0.1) is 0 Å². The Morgan fingerprint density at radius 1 is 1.38 bits per heavy atom. The molecule has 0 unspecified atom stereocenters. The highest BCUT2D eigenvalue weighted by Gasteiger charge is 2.38. The van der Waals surface area contributed by atoms with E-state index in [1.54, 1.807) is 11.6 Å². The second-order valence-corrected chi connectivity index (χ2v) is 6.22. The molecule has 2 aliphatic rings. The standard InChI is InChI=1S/C14H23N5O2/c1-10-13(19(20)21)14(17(2)16-10)18(12-3-4-12)9-11-5-7-15-8-6-11/h11-12,15H,3-9H2,1-2H3. The van der Waals surface area contributed by atoms with Gasteiger partial charge in [-0.3, -0.25) is 10.1 Å². The molecule has 1 N–H and O–H groups in total. The van der Waals surface area contributed by atoms with Crippen LogP contribution in [0, 0.1) is 23.0 Å². The molecule has 2 heterocycles. The number of piperidine rings is 1. The summed E-state index contributed by atoms with van der Waals surface area (Å²) in [4.78, 5) is 13.4. The van der Waals surface area contributed by atoms with Crippen LogP contribution in [0.3, 0.4) is 0 Å². The third-order valence-corrected chi connectivity index (χ3v) is 4.52. The van der Waals surface area contributed by atoms with Gasteiger partial charge in [0.25, 0.3) is 0 Å². The van der Waals surface area contributed by atoms with E-state index in [1.165, 1.54) is 0 Å². The fourth-order valence-electron chi connectivity index (χ4n) is 3.31. The third kappa shape index (κ3) is 2.88. The maximum atomic E-state index is 11.4.